The number of fused-ring (bicyclic) bond motifs is 8. The lowest BCUT2D eigenvalue weighted by Crippen LogP contribution is -2.61. The van der Waals surface area contributed by atoms with Crippen LogP contribution < -0.4 is 26.2 Å². The van der Waals surface area contributed by atoms with Crippen LogP contribution in [0.2, 0.25) is 0 Å². The van der Waals surface area contributed by atoms with E-state index in [9.17, 15) is 0 Å². The Morgan fingerprint density at radius 1 is 0.634 bits per heavy atom. The fraction of sp³-hybridized carbons (Fsp3) is 0.0278. The van der Waals surface area contributed by atoms with E-state index in [2.05, 4.69) is 99.7 Å². The van der Waals surface area contributed by atoms with Crippen molar-refractivity contribution in [3.8, 4) is 0 Å². The van der Waals surface area contributed by atoms with Crippen molar-refractivity contribution in [1.82, 2.24) is 4.98 Å². The van der Waals surface area contributed by atoms with Crippen molar-refractivity contribution in [3.63, 3.8) is 0 Å². The molecular weight excluding hydrogens is 501 g/mol. The molecule has 192 valence electrons. The molecule has 0 aliphatic carbocycles. The van der Waals surface area contributed by atoms with Gasteiger partial charge in [-0.25, -0.2) is 4.98 Å². The molecule has 0 saturated heterocycles. The molecule has 0 saturated carbocycles. The Morgan fingerprint density at radius 3 is 2.10 bits per heavy atom. The highest BCUT2D eigenvalue weighted by Gasteiger charge is 2.44. The molecule has 2 aliphatic rings. The summed E-state index contributed by atoms with van der Waals surface area (Å²) in [7, 11) is 0. The molecule has 0 unspecified atom stereocenters. The molecule has 0 amide bonds. The Labute approximate surface area is 242 Å². The van der Waals surface area contributed by atoms with Gasteiger partial charge in [0.05, 0.1) is 16.5 Å². The van der Waals surface area contributed by atoms with Gasteiger partial charge in [-0.2, -0.15) is 0 Å². The van der Waals surface area contributed by atoms with Crippen molar-refractivity contribution in [3.05, 3.63) is 133 Å². The Hall–Kier alpha value is -5.29. The van der Waals surface area contributed by atoms with Gasteiger partial charge in [0.2, 0.25) is 5.71 Å². The van der Waals surface area contributed by atoms with Gasteiger partial charge >= 0.3 is 0 Å². The lowest BCUT2D eigenvalue weighted by Gasteiger charge is -2.44. The average Bonchev–Trinajstić information content (AvgIpc) is 3.44. The van der Waals surface area contributed by atoms with Crippen molar-refractivity contribution < 1.29 is 8.53 Å². The zero-order valence-electron chi connectivity index (χ0n) is 25.0. The standard InChI is InChI=1S/C36H24BN3O/c1-23-21-22-38-36-32(23)33-31(41-36)20-19-27-35(33)40(25-13-6-3-7-14-25)30-18-10-17-29-34(30)37(27)26-15-8-9-16-28(26)39(29)24-11-4-2-5-12-24/h2-22H,1H3/i1D3. The molecule has 7 aromatic rings. The first-order chi connectivity index (χ1) is 21.5. The summed E-state index contributed by atoms with van der Waals surface area (Å²) in [5.41, 5.74) is 10.9. The SMILES string of the molecule is [2H]C([2H])([2H])c1ccnc2oc3ccc4c(c3c12)N(c1ccccc1)c1cccc2c1B4c1ccccc1N2c1ccccc1. The summed E-state index contributed by atoms with van der Waals surface area (Å²) in [5.74, 6) is 0. The number of pyridine rings is 1. The predicted molar refractivity (Wildman–Crippen MR) is 170 cm³/mol. The normalized spacial score (nSPS) is 14.7. The number of nitrogens with zero attached hydrogens (tertiary/aromatic N) is 3. The van der Waals surface area contributed by atoms with E-state index in [1.165, 1.54) is 17.1 Å². The third-order valence-corrected chi connectivity index (χ3v) is 8.43. The Bertz CT molecular complexity index is 2250. The number of anilines is 6. The van der Waals surface area contributed by atoms with Crippen LogP contribution in [-0.4, -0.2) is 11.7 Å². The Balaban J connectivity index is 1.45. The summed E-state index contributed by atoms with van der Waals surface area (Å²) in [4.78, 5) is 9.11. The molecule has 4 heterocycles. The topological polar surface area (TPSA) is 32.5 Å². The van der Waals surface area contributed by atoms with E-state index in [1.54, 1.807) is 6.07 Å². The molecule has 0 fully saturated rings. The van der Waals surface area contributed by atoms with Crippen LogP contribution in [0.25, 0.3) is 22.1 Å². The van der Waals surface area contributed by atoms with Crippen LogP contribution in [0, 0.1) is 6.85 Å². The largest absolute Gasteiger partial charge is 0.438 e. The molecule has 9 rings (SSSR count). The number of para-hydroxylation sites is 3. The molecule has 0 atom stereocenters. The lowest BCUT2D eigenvalue weighted by atomic mass is 9.33. The van der Waals surface area contributed by atoms with E-state index in [0.717, 1.165) is 45.0 Å². The number of rotatable bonds is 2. The average molecular weight is 528 g/mol. The minimum absolute atomic E-state index is 0.0884. The summed E-state index contributed by atoms with van der Waals surface area (Å²) in [6.07, 6.45) is 1.52. The summed E-state index contributed by atoms with van der Waals surface area (Å²) in [6, 6.07) is 41.5. The van der Waals surface area contributed by atoms with Gasteiger partial charge in [-0.3, -0.25) is 0 Å². The highest BCUT2D eigenvalue weighted by molar-refractivity contribution is 7.00. The smallest absolute Gasteiger partial charge is 0.252 e. The molecule has 5 aromatic carbocycles. The first-order valence-electron chi connectivity index (χ1n) is 15.3. The Morgan fingerprint density at radius 2 is 1.32 bits per heavy atom. The van der Waals surface area contributed by atoms with Crippen LogP contribution in [0.5, 0.6) is 0 Å². The summed E-state index contributed by atoms with van der Waals surface area (Å²) < 4.78 is 31.5. The molecule has 2 aromatic heterocycles. The Kier molecular flexibility index (Phi) is 4.02. The maximum Gasteiger partial charge on any atom is 0.252 e. The minimum atomic E-state index is -2.34. The van der Waals surface area contributed by atoms with E-state index in [4.69, 9.17) is 8.53 Å². The zero-order chi connectivity index (χ0) is 29.6. The number of aryl methyl sites for hydroxylation is 1. The third-order valence-electron chi connectivity index (χ3n) is 8.43. The van der Waals surface area contributed by atoms with Crippen LogP contribution in [0.15, 0.2) is 132 Å². The van der Waals surface area contributed by atoms with E-state index in [-0.39, 0.29) is 12.3 Å². The summed E-state index contributed by atoms with van der Waals surface area (Å²) in [6.45, 7) is -2.43. The fourth-order valence-corrected chi connectivity index (χ4v) is 6.85. The lowest BCUT2D eigenvalue weighted by molar-refractivity contribution is 0.654. The highest BCUT2D eigenvalue weighted by Crippen LogP contribution is 2.47. The fourth-order valence-electron chi connectivity index (χ4n) is 6.85. The third kappa shape index (κ3) is 3.03. The number of hydrogen-bond acceptors (Lipinski definition) is 4. The number of furan rings is 1. The molecule has 2 aliphatic heterocycles. The highest BCUT2D eigenvalue weighted by atomic mass is 16.3. The van der Waals surface area contributed by atoms with Gasteiger partial charge < -0.3 is 14.2 Å². The van der Waals surface area contributed by atoms with Crippen LogP contribution >= 0.6 is 0 Å². The van der Waals surface area contributed by atoms with Gasteiger partial charge in [-0.15, -0.1) is 0 Å². The van der Waals surface area contributed by atoms with Crippen molar-refractivity contribution >= 4 is 79.3 Å². The van der Waals surface area contributed by atoms with Crippen molar-refractivity contribution in [1.29, 1.82) is 0 Å². The van der Waals surface area contributed by atoms with Crippen LogP contribution in [0.3, 0.4) is 0 Å². The van der Waals surface area contributed by atoms with Crippen molar-refractivity contribution in [2.45, 2.75) is 6.85 Å². The van der Waals surface area contributed by atoms with Gasteiger partial charge in [0.1, 0.15) is 5.58 Å². The van der Waals surface area contributed by atoms with Crippen molar-refractivity contribution in [2.75, 3.05) is 9.80 Å². The zero-order valence-corrected chi connectivity index (χ0v) is 22.0. The number of hydrogen-bond donors (Lipinski definition) is 0. The summed E-state index contributed by atoms with van der Waals surface area (Å²) >= 11 is 0. The van der Waals surface area contributed by atoms with Gasteiger partial charge in [-0.1, -0.05) is 66.7 Å². The molecule has 5 heteroatoms. The molecule has 4 nitrogen and oxygen atoms in total. The molecule has 41 heavy (non-hydrogen) atoms. The molecule has 0 N–H and O–H groups in total. The second-order valence-electron chi connectivity index (χ2n) is 10.6. The van der Waals surface area contributed by atoms with E-state index in [1.807, 2.05) is 30.3 Å². The van der Waals surface area contributed by atoms with Gasteiger partial charge in [-0.05, 0) is 83.4 Å². The number of benzene rings is 5. The first-order valence-corrected chi connectivity index (χ1v) is 13.8. The molecule has 0 spiro atoms. The van der Waals surface area contributed by atoms with E-state index >= 15 is 0 Å². The van der Waals surface area contributed by atoms with E-state index in [0.29, 0.717) is 16.7 Å². The monoisotopic (exact) mass is 528 g/mol. The maximum absolute atomic E-state index is 8.40. The minimum Gasteiger partial charge on any atom is -0.438 e. The van der Waals surface area contributed by atoms with E-state index < -0.39 is 6.85 Å². The van der Waals surface area contributed by atoms with Crippen molar-refractivity contribution in [2.24, 2.45) is 0 Å². The summed E-state index contributed by atoms with van der Waals surface area (Å²) in [5, 5.41) is 1.30. The molecule has 0 bridgehead atoms. The molecule has 0 radical (unpaired) electrons. The quantitative estimate of drug-likeness (QED) is 0.219. The van der Waals surface area contributed by atoms with Crippen LogP contribution in [0.4, 0.5) is 34.1 Å². The maximum atomic E-state index is 8.40. The van der Waals surface area contributed by atoms with Gasteiger partial charge in [0.25, 0.3) is 6.71 Å². The van der Waals surface area contributed by atoms with Gasteiger partial charge in [0.15, 0.2) is 0 Å². The first kappa shape index (κ1) is 19.7. The van der Waals surface area contributed by atoms with Crippen LogP contribution in [0.1, 0.15) is 9.68 Å². The second kappa shape index (κ2) is 8.36. The van der Waals surface area contributed by atoms with Crippen LogP contribution in [-0.2, 0) is 0 Å². The number of aromatic nitrogens is 1. The molecular formula is C36H24BN3O. The predicted octanol–water partition coefficient (Wildman–Crippen LogP) is 7.37. The van der Waals surface area contributed by atoms with Gasteiger partial charge in [0, 0.05) is 38.7 Å². The second-order valence-corrected chi connectivity index (χ2v) is 10.6.